The van der Waals surface area contributed by atoms with Crippen molar-refractivity contribution in [2.45, 2.75) is 53.4 Å². The molecular weight excluding hydrogens is 236 g/mol. The van der Waals surface area contributed by atoms with E-state index in [9.17, 15) is 9.59 Å². The van der Waals surface area contributed by atoms with E-state index in [4.69, 9.17) is 0 Å². The number of carbonyl (C=O) groups excluding carboxylic acids is 2. The Bertz CT molecular complexity index is 467. The Morgan fingerprint density at radius 1 is 0.895 bits per heavy atom. The number of ketones is 2. The highest BCUT2D eigenvalue weighted by Gasteiger charge is 2.24. The first-order chi connectivity index (χ1) is 8.51. The smallest absolute Gasteiger partial charge is 0.170 e. The van der Waals surface area contributed by atoms with Crippen LogP contribution in [0.1, 0.15) is 63.9 Å². The van der Waals surface area contributed by atoms with Gasteiger partial charge in [-0.15, -0.1) is 0 Å². The van der Waals surface area contributed by atoms with E-state index in [2.05, 4.69) is 20.8 Å². The van der Waals surface area contributed by atoms with E-state index in [0.717, 1.165) is 0 Å². The van der Waals surface area contributed by atoms with Gasteiger partial charge in [0.2, 0.25) is 0 Å². The molecule has 0 saturated heterocycles. The molecule has 0 bridgehead atoms. The molecule has 1 aromatic carbocycles. The molecule has 19 heavy (non-hydrogen) atoms. The van der Waals surface area contributed by atoms with E-state index >= 15 is 0 Å². The lowest BCUT2D eigenvalue weighted by Crippen LogP contribution is -2.23. The fraction of sp³-hybridized carbons (Fsp3) is 0.529. The SMILES string of the molecule is CC(C)(C)C(=O)CC(=O)c1ccc(C(C)(C)C)cc1. The van der Waals surface area contributed by atoms with E-state index in [-0.39, 0.29) is 23.4 Å². The van der Waals surface area contributed by atoms with Crippen LogP contribution in [0.5, 0.6) is 0 Å². The van der Waals surface area contributed by atoms with Gasteiger partial charge in [0.05, 0.1) is 6.42 Å². The Morgan fingerprint density at radius 2 is 1.37 bits per heavy atom. The minimum absolute atomic E-state index is 0.0155. The molecule has 0 aliphatic carbocycles. The average Bonchev–Trinajstić information content (AvgIpc) is 2.26. The predicted octanol–water partition coefficient (Wildman–Crippen LogP) is 4.17. The maximum absolute atomic E-state index is 12.0. The van der Waals surface area contributed by atoms with Crippen LogP contribution in [0.4, 0.5) is 0 Å². The van der Waals surface area contributed by atoms with E-state index in [0.29, 0.717) is 5.56 Å². The van der Waals surface area contributed by atoms with Crippen molar-refractivity contribution >= 4 is 11.6 Å². The summed E-state index contributed by atoms with van der Waals surface area (Å²) in [6, 6.07) is 7.57. The third kappa shape index (κ3) is 4.30. The second-order valence-electron chi connectivity index (χ2n) is 7.10. The van der Waals surface area contributed by atoms with E-state index in [1.165, 1.54) is 5.56 Å². The van der Waals surface area contributed by atoms with Crippen LogP contribution in [0, 0.1) is 5.41 Å². The van der Waals surface area contributed by atoms with Crippen molar-refractivity contribution in [3.05, 3.63) is 35.4 Å². The first kappa shape index (κ1) is 15.6. The molecule has 0 N–H and O–H groups in total. The van der Waals surface area contributed by atoms with Gasteiger partial charge in [-0.3, -0.25) is 9.59 Å². The van der Waals surface area contributed by atoms with Crippen molar-refractivity contribution < 1.29 is 9.59 Å². The number of hydrogen-bond donors (Lipinski definition) is 0. The van der Waals surface area contributed by atoms with Crippen molar-refractivity contribution in [2.24, 2.45) is 5.41 Å². The third-order valence-corrected chi connectivity index (χ3v) is 3.23. The first-order valence-electron chi connectivity index (χ1n) is 6.69. The molecule has 0 spiro atoms. The van der Waals surface area contributed by atoms with Crippen LogP contribution >= 0.6 is 0 Å². The molecule has 0 atom stereocenters. The summed E-state index contributed by atoms with van der Waals surface area (Å²) in [7, 11) is 0. The van der Waals surface area contributed by atoms with Crippen molar-refractivity contribution in [1.82, 2.24) is 0 Å². The minimum atomic E-state index is -0.457. The molecule has 0 fully saturated rings. The lowest BCUT2D eigenvalue weighted by atomic mass is 9.85. The van der Waals surface area contributed by atoms with Crippen LogP contribution in [0.2, 0.25) is 0 Å². The number of Topliss-reactive ketones (excluding diaryl/α,β-unsaturated/α-hetero) is 2. The van der Waals surface area contributed by atoms with Crippen LogP contribution in [0.15, 0.2) is 24.3 Å². The monoisotopic (exact) mass is 260 g/mol. The molecule has 1 rings (SSSR count). The summed E-state index contributed by atoms with van der Waals surface area (Å²) < 4.78 is 0. The molecule has 0 heterocycles. The molecule has 0 aliphatic rings. The number of rotatable bonds is 3. The molecule has 1 aromatic rings. The van der Waals surface area contributed by atoms with Crippen molar-refractivity contribution in [2.75, 3.05) is 0 Å². The first-order valence-corrected chi connectivity index (χ1v) is 6.69. The largest absolute Gasteiger partial charge is 0.299 e. The Balaban J connectivity index is 2.83. The van der Waals surface area contributed by atoms with Gasteiger partial charge in [-0.2, -0.15) is 0 Å². The zero-order chi connectivity index (χ0) is 14.8. The fourth-order valence-corrected chi connectivity index (χ4v) is 1.67. The lowest BCUT2D eigenvalue weighted by Gasteiger charge is -2.19. The third-order valence-electron chi connectivity index (χ3n) is 3.23. The summed E-state index contributed by atoms with van der Waals surface area (Å²) >= 11 is 0. The van der Waals surface area contributed by atoms with Crippen molar-refractivity contribution in [3.8, 4) is 0 Å². The van der Waals surface area contributed by atoms with Crippen LogP contribution in [0.3, 0.4) is 0 Å². The maximum atomic E-state index is 12.0. The number of benzene rings is 1. The Kier molecular flexibility index (Phi) is 4.34. The molecule has 104 valence electrons. The second-order valence-corrected chi connectivity index (χ2v) is 7.10. The van der Waals surface area contributed by atoms with Crippen molar-refractivity contribution in [3.63, 3.8) is 0 Å². The zero-order valence-corrected chi connectivity index (χ0v) is 12.8. The molecule has 2 nitrogen and oxygen atoms in total. The minimum Gasteiger partial charge on any atom is -0.299 e. The summed E-state index contributed by atoms with van der Waals surface area (Å²) in [6.45, 7) is 11.9. The Labute approximate surface area is 116 Å². The van der Waals surface area contributed by atoms with E-state index in [1.807, 2.05) is 45.0 Å². The average molecular weight is 260 g/mol. The molecule has 0 amide bonds. The van der Waals surface area contributed by atoms with Gasteiger partial charge in [0.1, 0.15) is 5.78 Å². The summed E-state index contributed by atoms with van der Waals surface area (Å²) in [5, 5.41) is 0. The van der Waals surface area contributed by atoms with E-state index < -0.39 is 5.41 Å². The Hall–Kier alpha value is -1.44. The molecule has 0 saturated carbocycles. The van der Waals surface area contributed by atoms with Gasteiger partial charge in [0, 0.05) is 11.0 Å². The highest BCUT2D eigenvalue weighted by molar-refractivity contribution is 6.09. The van der Waals surface area contributed by atoms with Crippen LogP contribution in [-0.2, 0) is 10.2 Å². The van der Waals surface area contributed by atoms with Gasteiger partial charge < -0.3 is 0 Å². The molecule has 2 heteroatoms. The van der Waals surface area contributed by atoms with Gasteiger partial charge in [0.25, 0.3) is 0 Å². The molecule has 0 unspecified atom stereocenters. The maximum Gasteiger partial charge on any atom is 0.170 e. The highest BCUT2D eigenvalue weighted by atomic mass is 16.1. The van der Waals surface area contributed by atoms with Crippen LogP contribution in [-0.4, -0.2) is 11.6 Å². The molecular formula is C17H24O2. The van der Waals surface area contributed by atoms with Crippen molar-refractivity contribution in [1.29, 1.82) is 0 Å². The highest BCUT2D eigenvalue weighted by Crippen LogP contribution is 2.23. The van der Waals surface area contributed by atoms with Gasteiger partial charge in [-0.25, -0.2) is 0 Å². The fourth-order valence-electron chi connectivity index (χ4n) is 1.67. The topological polar surface area (TPSA) is 34.1 Å². The van der Waals surface area contributed by atoms with Gasteiger partial charge in [-0.05, 0) is 11.0 Å². The quantitative estimate of drug-likeness (QED) is 0.603. The predicted molar refractivity (Wildman–Crippen MR) is 78.6 cm³/mol. The van der Waals surface area contributed by atoms with Crippen LogP contribution < -0.4 is 0 Å². The Morgan fingerprint density at radius 3 is 1.74 bits per heavy atom. The standard InChI is InChI=1S/C17H24O2/c1-16(2,3)13-9-7-12(8-10-13)14(18)11-15(19)17(4,5)6/h7-10H,11H2,1-6H3. The summed E-state index contributed by atoms with van der Waals surface area (Å²) in [6.07, 6.45) is -0.0155. The summed E-state index contributed by atoms with van der Waals surface area (Å²) in [5.41, 5.74) is 1.42. The number of carbonyl (C=O) groups is 2. The molecule has 0 radical (unpaired) electrons. The number of hydrogen-bond acceptors (Lipinski definition) is 2. The van der Waals surface area contributed by atoms with Gasteiger partial charge in [0.15, 0.2) is 5.78 Å². The second kappa shape index (κ2) is 5.28. The summed E-state index contributed by atoms with van der Waals surface area (Å²) in [5.74, 6) is -0.113. The zero-order valence-electron chi connectivity index (χ0n) is 12.8. The molecule has 0 aromatic heterocycles. The van der Waals surface area contributed by atoms with Gasteiger partial charge >= 0.3 is 0 Å². The summed E-state index contributed by atoms with van der Waals surface area (Å²) in [4.78, 5) is 23.9. The van der Waals surface area contributed by atoms with Gasteiger partial charge in [-0.1, -0.05) is 65.8 Å². The molecule has 0 aliphatic heterocycles. The normalized spacial score (nSPS) is 12.3. The lowest BCUT2D eigenvalue weighted by molar-refractivity contribution is -0.125. The van der Waals surface area contributed by atoms with Crippen LogP contribution in [0.25, 0.3) is 0 Å². The van der Waals surface area contributed by atoms with E-state index in [1.54, 1.807) is 0 Å².